The zero-order chi connectivity index (χ0) is 11.8. The molecule has 0 radical (unpaired) electrons. The molecule has 16 heavy (non-hydrogen) atoms. The van der Waals surface area contributed by atoms with Gasteiger partial charge < -0.3 is 5.11 Å². The molecular formula is C13H18ClNO. The van der Waals surface area contributed by atoms with Crippen molar-refractivity contribution in [3.63, 3.8) is 0 Å². The minimum Gasteiger partial charge on any atom is -0.508 e. The molecule has 2 rings (SSSR count). The molecule has 1 saturated heterocycles. The summed E-state index contributed by atoms with van der Waals surface area (Å²) in [6, 6.07) is 5.30. The van der Waals surface area contributed by atoms with Crippen molar-refractivity contribution in [3.8, 4) is 5.75 Å². The third kappa shape index (κ3) is 2.50. The lowest BCUT2D eigenvalue weighted by molar-refractivity contribution is 0.281. The number of phenols is 1. The minimum absolute atomic E-state index is 0.303. The first-order valence-corrected chi connectivity index (χ1v) is 6.04. The third-order valence-corrected chi connectivity index (χ3v) is 3.59. The van der Waals surface area contributed by atoms with Crippen molar-refractivity contribution in [1.29, 1.82) is 0 Å². The van der Waals surface area contributed by atoms with Gasteiger partial charge >= 0.3 is 0 Å². The minimum atomic E-state index is 0.303. The second-order valence-electron chi connectivity index (χ2n) is 5.36. The van der Waals surface area contributed by atoms with Gasteiger partial charge in [-0.25, -0.2) is 0 Å². The summed E-state index contributed by atoms with van der Waals surface area (Å²) in [5, 5.41) is 10.4. The molecule has 0 spiro atoms. The molecule has 1 aromatic rings. The van der Waals surface area contributed by atoms with E-state index in [0.29, 0.717) is 16.2 Å². The van der Waals surface area contributed by atoms with Crippen molar-refractivity contribution in [2.24, 2.45) is 5.41 Å². The van der Waals surface area contributed by atoms with Crippen LogP contribution in [0.2, 0.25) is 5.02 Å². The predicted octanol–water partition coefficient (Wildman–Crippen LogP) is 3.28. The summed E-state index contributed by atoms with van der Waals surface area (Å²) in [5.74, 6) is 0.303. The van der Waals surface area contributed by atoms with Crippen LogP contribution in [0.15, 0.2) is 18.2 Å². The van der Waals surface area contributed by atoms with Crippen LogP contribution in [-0.4, -0.2) is 23.1 Å². The van der Waals surface area contributed by atoms with Crippen LogP contribution in [0.3, 0.4) is 0 Å². The molecule has 1 aliphatic rings. The lowest BCUT2D eigenvalue weighted by atomic mass is 9.93. The maximum absolute atomic E-state index is 9.77. The van der Waals surface area contributed by atoms with Crippen molar-refractivity contribution in [3.05, 3.63) is 28.8 Å². The molecule has 0 amide bonds. The Balaban J connectivity index is 2.11. The summed E-state index contributed by atoms with van der Waals surface area (Å²) < 4.78 is 0. The topological polar surface area (TPSA) is 23.5 Å². The SMILES string of the molecule is CC1(C)CCN(Cc2c(O)cccc2Cl)C1. The Kier molecular flexibility index (Phi) is 3.13. The summed E-state index contributed by atoms with van der Waals surface area (Å²) in [7, 11) is 0. The number of nitrogens with zero attached hydrogens (tertiary/aromatic N) is 1. The Bertz CT molecular complexity index is 369. The standard InChI is InChI=1S/C13H18ClNO/c1-13(2)6-7-15(9-13)8-10-11(14)4-3-5-12(10)16/h3-5,16H,6-9H2,1-2H3. The van der Waals surface area contributed by atoms with Gasteiger partial charge in [0.25, 0.3) is 0 Å². The first-order chi connectivity index (χ1) is 7.48. The van der Waals surface area contributed by atoms with Gasteiger partial charge in [0, 0.05) is 23.7 Å². The van der Waals surface area contributed by atoms with E-state index >= 15 is 0 Å². The van der Waals surface area contributed by atoms with Crippen LogP contribution >= 0.6 is 11.6 Å². The largest absolute Gasteiger partial charge is 0.508 e. The van der Waals surface area contributed by atoms with Crippen LogP contribution in [0.5, 0.6) is 5.75 Å². The molecule has 1 aliphatic heterocycles. The number of hydrogen-bond acceptors (Lipinski definition) is 2. The van der Waals surface area contributed by atoms with E-state index in [0.717, 1.165) is 25.2 Å². The summed E-state index contributed by atoms with van der Waals surface area (Å²) in [6.45, 7) is 7.45. The van der Waals surface area contributed by atoms with Crippen molar-refractivity contribution < 1.29 is 5.11 Å². The smallest absolute Gasteiger partial charge is 0.121 e. The van der Waals surface area contributed by atoms with Crippen LogP contribution in [0.4, 0.5) is 0 Å². The number of likely N-dealkylation sites (tertiary alicyclic amines) is 1. The maximum Gasteiger partial charge on any atom is 0.121 e. The number of hydrogen-bond donors (Lipinski definition) is 1. The normalized spacial score (nSPS) is 20.2. The monoisotopic (exact) mass is 239 g/mol. The fourth-order valence-corrected chi connectivity index (χ4v) is 2.52. The molecule has 1 fully saturated rings. The molecule has 0 saturated carbocycles. The summed E-state index contributed by atoms with van der Waals surface area (Å²) in [5.41, 5.74) is 1.23. The number of phenolic OH excluding ortho intramolecular Hbond substituents is 1. The summed E-state index contributed by atoms with van der Waals surface area (Å²) in [4.78, 5) is 2.35. The molecule has 3 heteroatoms. The Morgan fingerprint density at radius 3 is 2.75 bits per heavy atom. The van der Waals surface area contributed by atoms with E-state index in [9.17, 15) is 5.11 Å². The molecule has 0 aliphatic carbocycles. The molecular weight excluding hydrogens is 222 g/mol. The Labute approximate surface area is 102 Å². The predicted molar refractivity (Wildman–Crippen MR) is 66.8 cm³/mol. The van der Waals surface area contributed by atoms with Crippen LogP contribution < -0.4 is 0 Å². The fraction of sp³-hybridized carbons (Fsp3) is 0.538. The van der Waals surface area contributed by atoms with Crippen molar-refractivity contribution in [2.45, 2.75) is 26.8 Å². The fourth-order valence-electron chi connectivity index (χ4n) is 2.29. The molecule has 1 heterocycles. The Hall–Kier alpha value is -0.730. The average molecular weight is 240 g/mol. The van der Waals surface area contributed by atoms with E-state index in [2.05, 4.69) is 18.7 Å². The highest BCUT2D eigenvalue weighted by Crippen LogP contribution is 2.33. The van der Waals surface area contributed by atoms with Crippen LogP contribution in [0.1, 0.15) is 25.8 Å². The zero-order valence-electron chi connectivity index (χ0n) is 9.83. The van der Waals surface area contributed by atoms with Gasteiger partial charge in [0.05, 0.1) is 0 Å². The highest BCUT2D eigenvalue weighted by molar-refractivity contribution is 6.31. The van der Waals surface area contributed by atoms with Gasteiger partial charge in [-0.05, 0) is 30.5 Å². The summed E-state index contributed by atoms with van der Waals surface area (Å²) in [6.07, 6.45) is 1.21. The van der Waals surface area contributed by atoms with Gasteiger partial charge in [0.2, 0.25) is 0 Å². The average Bonchev–Trinajstić information content (AvgIpc) is 2.52. The Morgan fingerprint density at radius 2 is 2.19 bits per heavy atom. The second-order valence-corrected chi connectivity index (χ2v) is 5.77. The van der Waals surface area contributed by atoms with E-state index in [1.54, 1.807) is 12.1 Å². The van der Waals surface area contributed by atoms with Crippen molar-refractivity contribution in [1.82, 2.24) is 4.90 Å². The molecule has 1 N–H and O–H groups in total. The van der Waals surface area contributed by atoms with Gasteiger partial charge in [-0.2, -0.15) is 0 Å². The van der Waals surface area contributed by atoms with E-state index in [-0.39, 0.29) is 0 Å². The first kappa shape index (κ1) is 11.7. The van der Waals surface area contributed by atoms with Gasteiger partial charge in [-0.3, -0.25) is 4.90 Å². The highest BCUT2D eigenvalue weighted by atomic mass is 35.5. The van der Waals surface area contributed by atoms with Crippen LogP contribution in [-0.2, 0) is 6.54 Å². The molecule has 1 aromatic carbocycles. The maximum atomic E-state index is 9.77. The number of benzene rings is 1. The van der Waals surface area contributed by atoms with Crippen molar-refractivity contribution in [2.75, 3.05) is 13.1 Å². The zero-order valence-corrected chi connectivity index (χ0v) is 10.6. The molecule has 0 unspecified atom stereocenters. The number of aromatic hydroxyl groups is 1. The lowest BCUT2D eigenvalue weighted by Crippen LogP contribution is -2.23. The molecule has 2 nitrogen and oxygen atoms in total. The van der Waals surface area contributed by atoms with Gasteiger partial charge in [0.1, 0.15) is 5.75 Å². The highest BCUT2D eigenvalue weighted by Gasteiger charge is 2.29. The molecule has 0 aromatic heterocycles. The van der Waals surface area contributed by atoms with Gasteiger partial charge in [-0.1, -0.05) is 31.5 Å². The van der Waals surface area contributed by atoms with E-state index in [4.69, 9.17) is 11.6 Å². The van der Waals surface area contributed by atoms with Crippen LogP contribution in [0.25, 0.3) is 0 Å². The quantitative estimate of drug-likeness (QED) is 0.856. The van der Waals surface area contributed by atoms with Gasteiger partial charge in [0.15, 0.2) is 0 Å². The third-order valence-electron chi connectivity index (χ3n) is 3.23. The first-order valence-electron chi connectivity index (χ1n) is 5.67. The van der Waals surface area contributed by atoms with Gasteiger partial charge in [-0.15, -0.1) is 0 Å². The van der Waals surface area contributed by atoms with Crippen LogP contribution in [0, 0.1) is 5.41 Å². The van der Waals surface area contributed by atoms with E-state index in [1.165, 1.54) is 6.42 Å². The second kappa shape index (κ2) is 4.27. The lowest BCUT2D eigenvalue weighted by Gasteiger charge is -2.20. The number of rotatable bonds is 2. The summed E-state index contributed by atoms with van der Waals surface area (Å²) >= 11 is 6.09. The molecule has 0 atom stereocenters. The molecule has 0 bridgehead atoms. The molecule has 88 valence electrons. The van der Waals surface area contributed by atoms with E-state index < -0.39 is 0 Å². The number of halogens is 1. The van der Waals surface area contributed by atoms with E-state index in [1.807, 2.05) is 6.07 Å². The van der Waals surface area contributed by atoms with Crippen molar-refractivity contribution >= 4 is 11.6 Å². The Morgan fingerprint density at radius 1 is 1.44 bits per heavy atom.